The molecule has 0 heterocycles. The fourth-order valence-corrected chi connectivity index (χ4v) is 1.37. The molecular formula is C12H17N3OS. The van der Waals surface area contributed by atoms with Gasteiger partial charge < -0.3 is 16.4 Å². The van der Waals surface area contributed by atoms with Crippen molar-refractivity contribution in [2.75, 3.05) is 10.6 Å². The summed E-state index contributed by atoms with van der Waals surface area (Å²) in [6.45, 7) is 5.63. The van der Waals surface area contributed by atoms with Crippen molar-refractivity contribution < 1.29 is 4.79 Å². The Labute approximate surface area is 107 Å². The van der Waals surface area contributed by atoms with Crippen LogP contribution in [0.25, 0.3) is 0 Å². The number of nitrogens with two attached hydrogens (primary N) is 1. The van der Waals surface area contributed by atoms with Crippen LogP contribution in [0.1, 0.15) is 19.4 Å². The van der Waals surface area contributed by atoms with Gasteiger partial charge in [-0.3, -0.25) is 4.79 Å². The Morgan fingerprint density at radius 3 is 2.53 bits per heavy atom. The van der Waals surface area contributed by atoms with E-state index in [1.807, 2.05) is 39.0 Å². The summed E-state index contributed by atoms with van der Waals surface area (Å²) in [5, 5.41) is 5.90. The summed E-state index contributed by atoms with van der Waals surface area (Å²) in [5.74, 6) is -0.0674. The highest BCUT2D eigenvalue weighted by Crippen LogP contribution is 2.20. The Bertz CT molecular complexity index is 443. The molecule has 0 saturated carbocycles. The standard InChI is InChI=1S/C12H17N3OS/c1-7(2)11(16)15-10-6-9(14-12(13)17)5-4-8(10)3/h4-7H,1-3H3,(H,15,16)(H3,13,14,17). The molecule has 0 aliphatic rings. The van der Waals surface area contributed by atoms with Gasteiger partial charge in [0.1, 0.15) is 0 Å². The average Bonchev–Trinajstić information content (AvgIpc) is 2.22. The van der Waals surface area contributed by atoms with E-state index in [1.165, 1.54) is 0 Å². The van der Waals surface area contributed by atoms with E-state index in [0.29, 0.717) is 0 Å². The molecule has 0 radical (unpaired) electrons. The van der Waals surface area contributed by atoms with Gasteiger partial charge >= 0.3 is 0 Å². The first-order chi connectivity index (χ1) is 7.90. The van der Waals surface area contributed by atoms with E-state index in [9.17, 15) is 4.79 Å². The van der Waals surface area contributed by atoms with Crippen LogP contribution in [0.4, 0.5) is 11.4 Å². The van der Waals surface area contributed by atoms with Crippen molar-refractivity contribution in [1.29, 1.82) is 0 Å². The van der Waals surface area contributed by atoms with Crippen molar-refractivity contribution >= 4 is 34.6 Å². The summed E-state index contributed by atoms with van der Waals surface area (Å²) < 4.78 is 0. The maximum absolute atomic E-state index is 11.6. The van der Waals surface area contributed by atoms with Crippen LogP contribution in [-0.4, -0.2) is 11.0 Å². The summed E-state index contributed by atoms with van der Waals surface area (Å²) in [6, 6.07) is 5.57. The fourth-order valence-electron chi connectivity index (χ4n) is 1.25. The van der Waals surface area contributed by atoms with Crippen LogP contribution in [0.15, 0.2) is 18.2 Å². The molecule has 0 aliphatic heterocycles. The third-order valence-electron chi connectivity index (χ3n) is 2.29. The predicted octanol–water partition coefficient (Wildman–Crippen LogP) is 2.25. The Morgan fingerprint density at radius 2 is 2.00 bits per heavy atom. The first-order valence-corrected chi connectivity index (χ1v) is 5.79. The van der Waals surface area contributed by atoms with Gasteiger partial charge in [-0.1, -0.05) is 19.9 Å². The average molecular weight is 251 g/mol. The lowest BCUT2D eigenvalue weighted by atomic mass is 10.1. The first-order valence-electron chi connectivity index (χ1n) is 5.38. The van der Waals surface area contributed by atoms with E-state index in [1.54, 1.807) is 0 Å². The normalized spacial score (nSPS) is 10.1. The third kappa shape index (κ3) is 4.03. The quantitative estimate of drug-likeness (QED) is 0.721. The molecule has 1 amide bonds. The van der Waals surface area contributed by atoms with Crippen LogP contribution in [0.5, 0.6) is 0 Å². The van der Waals surface area contributed by atoms with E-state index >= 15 is 0 Å². The van der Waals surface area contributed by atoms with Gasteiger partial charge in [0, 0.05) is 17.3 Å². The zero-order valence-electron chi connectivity index (χ0n) is 10.2. The third-order valence-corrected chi connectivity index (χ3v) is 2.39. The van der Waals surface area contributed by atoms with Gasteiger partial charge in [-0.05, 0) is 36.8 Å². The highest BCUT2D eigenvalue weighted by molar-refractivity contribution is 7.80. The number of carbonyl (C=O) groups is 1. The van der Waals surface area contributed by atoms with Crippen LogP contribution in [-0.2, 0) is 4.79 Å². The fraction of sp³-hybridized carbons (Fsp3) is 0.333. The lowest BCUT2D eigenvalue weighted by Crippen LogP contribution is -2.20. The summed E-state index contributed by atoms with van der Waals surface area (Å²) in [6.07, 6.45) is 0. The number of hydrogen-bond donors (Lipinski definition) is 3. The predicted molar refractivity (Wildman–Crippen MR) is 75.1 cm³/mol. The van der Waals surface area contributed by atoms with Gasteiger partial charge in [0.05, 0.1) is 0 Å². The molecule has 4 nitrogen and oxygen atoms in total. The second-order valence-corrected chi connectivity index (χ2v) is 4.60. The number of thiocarbonyl (C=S) groups is 1. The minimum Gasteiger partial charge on any atom is -0.376 e. The minimum atomic E-state index is -0.0541. The maximum Gasteiger partial charge on any atom is 0.226 e. The van der Waals surface area contributed by atoms with E-state index in [0.717, 1.165) is 16.9 Å². The summed E-state index contributed by atoms with van der Waals surface area (Å²) in [7, 11) is 0. The molecule has 0 bridgehead atoms. The van der Waals surface area contributed by atoms with Crippen molar-refractivity contribution in [2.45, 2.75) is 20.8 Å². The van der Waals surface area contributed by atoms with Crippen molar-refractivity contribution in [2.24, 2.45) is 11.7 Å². The molecule has 4 N–H and O–H groups in total. The Hall–Kier alpha value is -1.62. The zero-order chi connectivity index (χ0) is 13.0. The lowest BCUT2D eigenvalue weighted by Gasteiger charge is -2.12. The van der Waals surface area contributed by atoms with Gasteiger partial charge in [-0.15, -0.1) is 0 Å². The Kier molecular flexibility index (Phi) is 4.45. The summed E-state index contributed by atoms with van der Waals surface area (Å²) >= 11 is 4.76. The molecule has 0 saturated heterocycles. The molecule has 5 heteroatoms. The molecule has 0 fully saturated rings. The molecular weight excluding hydrogens is 234 g/mol. The monoisotopic (exact) mass is 251 g/mol. The first kappa shape index (κ1) is 13.4. The van der Waals surface area contributed by atoms with Crippen LogP contribution >= 0.6 is 12.2 Å². The molecule has 92 valence electrons. The molecule has 17 heavy (non-hydrogen) atoms. The van der Waals surface area contributed by atoms with Crippen molar-refractivity contribution in [3.8, 4) is 0 Å². The second-order valence-electron chi connectivity index (χ2n) is 4.16. The van der Waals surface area contributed by atoms with Gasteiger partial charge in [0.15, 0.2) is 5.11 Å². The van der Waals surface area contributed by atoms with Crippen molar-refractivity contribution in [3.63, 3.8) is 0 Å². The zero-order valence-corrected chi connectivity index (χ0v) is 11.0. The smallest absolute Gasteiger partial charge is 0.226 e. The molecule has 1 aromatic carbocycles. The number of hydrogen-bond acceptors (Lipinski definition) is 2. The molecule has 0 atom stereocenters. The SMILES string of the molecule is Cc1ccc(NC(N)=S)cc1NC(=O)C(C)C. The highest BCUT2D eigenvalue weighted by Gasteiger charge is 2.09. The molecule has 0 aliphatic carbocycles. The number of benzene rings is 1. The number of carbonyl (C=O) groups excluding carboxylic acids is 1. The van der Waals surface area contributed by atoms with Crippen LogP contribution < -0.4 is 16.4 Å². The number of rotatable bonds is 3. The molecule has 1 aromatic rings. The van der Waals surface area contributed by atoms with Crippen LogP contribution in [0.2, 0.25) is 0 Å². The van der Waals surface area contributed by atoms with E-state index in [4.69, 9.17) is 18.0 Å². The van der Waals surface area contributed by atoms with Crippen molar-refractivity contribution in [3.05, 3.63) is 23.8 Å². The van der Waals surface area contributed by atoms with Gasteiger partial charge in [0.25, 0.3) is 0 Å². The lowest BCUT2D eigenvalue weighted by molar-refractivity contribution is -0.118. The second kappa shape index (κ2) is 5.63. The van der Waals surface area contributed by atoms with Gasteiger partial charge in [-0.25, -0.2) is 0 Å². The molecule has 1 rings (SSSR count). The number of amides is 1. The van der Waals surface area contributed by atoms with E-state index in [2.05, 4.69) is 10.6 Å². The molecule has 0 unspecified atom stereocenters. The van der Waals surface area contributed by atoms with E-state index < -0.39 is 0 Å². The summed E-state index contributed by atoms with van der Waals surface area (Å²) in [4.78, 5) is 11.6. The van der Waals surface area contributed by atoms with Crippen LogP contribution in [0, 0.1) is 12.8 Å². The molecule has 0 spiro atoms. The number of anilines is 2. The minimum absolute atomic E-state index is 0.0134. The van der Waals surface area contributed by atoms with Crippen LogP contribution in [0.3, 0.4) is 0 Å². The van der Waals surface area contributed by atoms with Gasteiger partial charge in [0.2, 0.25) is 5.91 Å². The topological polar surface area (TPSA) is 67.2 Å². The number of aryl methyl sites for hydroxylation is 1. The molecule has 0 aromatic heterocycles. The maximum atomic E-state index is 11.6. The highest BCUT2D eigenvalue weighted by atomic mass is 32.1. The van der Waals surface area contributed by atoms with E-state index in [-0.39, 0.29) is 16.9 Å². The Balaban J connectivity index is 2.90. The Morgan fingerprint density at radius 1 is 1.35 bits per heavy atom. The summed E-state index contributed by atoms with van der Waals surface area (Å²) in [5.41, 5.74) is 7.92. The van der Waals surface area contributed by atoms with Crippen molar-refractivity contribution in [1.82, 2.24) is 0 Å². The largest absolute Gasteiger partial charge is 0.376 e. The van der Waals surface area contributed by atoms with Gasteiger partial charge in [-0.2, -0.15) is 0 Å². The number of nitrogens with one attached hydrogen (secondary N) is 2.